The molecular formula is C26H29N11. The van der Waals surface area contributed by atoms with E-state index >= 15 is 0 Å². The van der Waals surface area contributed by atoms with Crippen LogP contribution in [0.2, 0.25) is 0 Å². The van der Waals surface area contributed by atoms with Crippen molar-refractivity contribution in [3.8, 4) is 16.9 Å². The van der Waals surface area contributed by atoms with Crippen LogP contribution in [0.1, 0.15) is 30.5 Å². The maximum absolute atomic E-state index is 4.77. The van der Waals surface area contributed by atoms with E-state index in [0.29, 0.717) is 12.6 Å². The predicted molar refractivity (Wildman–Crippen MR) is 137 cm³/mol. The Labute approximate surface area is 214 Å². The third-order valence-electron chi connectivity index (χ3n) is 7.57. The average molecular weight is 496 g/mol. The Morgan fingerprint density at radius 3 is 2.73 bits per heavy atom. The second kappa shape index (κ2) is 9.49. The third-order valence-corrected chi connectivity index (χ3v) is 7.57. The molecular weight excluding hydrogens is 466 g/mol. The Bertz CT molecular complexity index is 1490. The van der Waals surface area contributed by atoms with Gasteiger partial charge in [0.05, 0.1) is 37.0 Å². The summed E-state index contributed by atoms with van der Waals surface area (Å²) in [4.78, 5) is 13.3. The standard InChI is InChI=1S/C26H29N11/c1-2-26-31-22(16-35(26)15-20(1)11-27-13-23-9-19-3-7-34(23)8-4-19)17-36-18-25(32-33-36)21-10-24(14-28-12-21)37-29-5-6-30-37/h1-2,5-6,10,12,14-16,18-19,23,27H,3-4,7-9,11,13,17H2. The van der Waals surface area contributed by atoms with Crippen LogP contribution in [0.3, 0.4) is 0 Å². The summed E-state index contributed by atoms with van der Waals surface area (Å²) in [5.74, 6) is 0.944. The minimum Gasteiger partial charge on any atom is -0.311 e. The van der Waals surface area contributed by atoms with Gasteiger partial charge in [-0.3, -0.25) is 9.88 Å². The predicted octanol–water partition coefficient (Wildman–Crippen LogP) is 2.19. The summed E-state index contributed by atoms with van der Waals surface area (Å²) in [7, 11) is 0. The van der Waals surface area contributed by atoms with Crippen LogP contribution in [0.4, 0.5) is 0 Å². The highest BCUT2D eigenvalue weighted by Crippen LogP contribution is 2.31. The molecule has 0 aromatic carbocycles. The van der Waals surface area contributed by atoms with Gasteiger partial charge in [-0.25, -0.2) is 9.67 Å². The molecule has 3 saturated heterocycles. The molecule has 3 aliphatic heterocycles. The first-order valence-electron chi connectivity index (χ1n) is 12.9. The van der Waals surface area contributed by atoms with Crippen LogP contribution in [0.15, 0.2) is 61.6 Å². The Kier molecular flexibility index (Phi) is 5.71. The topological polar surface area (TPSA) is 107 Å². The van der Waals surface area contributed by atoms with Crippen molar-refractivity contribution in [2.45, 2.75) is 38.4 Å². The fraction of sp³-hybridized carbons (Fsp3) is 0.385. The van der Waals surface area contributed by atoms with Crippen molar-refractivity contribution in [3.63, 3.8) is 0 Å². The van der Waals surface area contributed by atoms with Gasteiger partial charge in [0.1, 0.15) is 17.0 Å². The summed E-state index contributed by atoms with van der Waals surface area (Å²) >= 11 is 0. The van der Waals surface area contributed by atoms with Crippen molar-refractivity contribution in [1.82, 2.24) is 54.6 Å². The summed E-state index contributed by atoms with van der Waals surface area (Å²) in [6.45, 7) is 5.02. The highest BCUT2D eigenvalue weighted by Gasteiger charge is 2.32. The highest BCUT2D eigenvalue weighted by atomic mass is 15.5. The summed E-state index contributed by atoms with van der Waals surface area (Å²) < 4.78 is 3.90. The lowest BCUT2D eigenvalue weighted by molar-refractivity contribution is 0.0495. The number of nitrogens with zero attached hydrogens (tertiary/aromatic N) is 10. The molecule has 1 unspecified atom stereocenters. The summed E-state index contributed by atoms with van der Waals surface area (Å²) in [6.07, 6.45) is 17.0. The molecule has 3 aliphatic rings. The molecule has 5 aromatic rings. The van der Waals surface area contributed by atoms with Gasteiger partial charge in [0.15, 0.2) is 0 Å². The first-order valence-corrected chi connectivity index (χ1v) is 12.9. The van der Waals surface area contributed by atoms with Crippen LogP contribution < -0.4 is 5.32 Å². The average Bonchev–Trinajstić information content (AvgIpc) is 3.71. The molecule has 0 aliphatic carbocycles. The van der Waals surface area contributed by atoms with Gasteiger partial charge in [0.2, 0.25) is 0 Å². The molecule has 0 amide bonds. The molecule has 11 nitrogen and oxygen atoms in total. The number of pyridine rings is 2. The Morgan fingerprint density at radius 1 is 1.00 bits per heavy atom. The Hall–Kier alpha value is -3.96. The van der Waals surface area contributed by atoms with Gasteiger partial charge in [0.25, 0.3) is 0 Å². The molecule has 1 N–H and O–H groups in total. The molecule has 188 valence electrons. The zero-order chi connectivity index (χ0) is 24.6. The monoisotopic (exact) mass is 495 g/mol. The first kappa shape index (κ1) is 22.3. The van der Waals surface area contributed by atoms with E-state index in [1.54, 1.807) is 29.5 Å². The van der Waals surface area contributed by atoms with Crippen LogP contribution in [0.25, 0.3) is 22.6 Å². The van der Waals surface area contributed by atoms with Crippen LogP contribution >= 0.6 is 0 Å². The largest absolute Gasteiger partial charge is 0.311 e. The molecule has 0 saturated carbocycles. The first-order chi connectivity index (χ1) is 18.3. The van der Waals surface area contributed by atoms with Crippen molar-refractivity contribution >= 4 is 5.65 Å². The highest BCUT2D eigenvalue weighted by molar-refractivity contribution is 5.59. The smallest absolute Gasteiger partial charge is 0.137 e. The maximum Gasteiger partial charge on any atom is 0.137 e. The van der Waals surface area contributed by atoms with Gasteiger partial charge >= 0.3 is 0 Å². The molecule has 8 rings (SSSR count). The zero-order valence-corrected chi connectivity index (χ0v) is 20.6. The van der Waals surface area contributed by atoms with E-state index in [-0.39, 0.29) is 0 Å². The van der Waals surface area contributed by atoms with Crippen molar-refractivity contribution < 1.29 is 0 Å². The van der Waals surface area contributed by atoms with Crippen molar-refractivity contribution in [1.29, 1.82) is 0 Å². The minimum absolute atomic E-state index is 0.536. The molecule has 5 aromatic heterocycles. The number of hydrogen-bond acceptors (Lipinski definition) is 8. The summed E-state index contributed by atoms with van der Waals surface area (Å²) in [5, 5.41) is 20.7. The minimum atomic E-state index is 0.536. The molecule has 1 atom stereocenters. The van der Waals surface area contributed by atoms with E-state index in [4.69, 9.17) is 4.98 Å². The lowest BCUT2D eigenvalue weighted by Gasteiger charge is -2.45. The Balaban J connectivity index is 1.00. The van der Waals surface area contributed by atoms with E-state index in [2.05, 4.69) is 64.6 Å². The number of nitrogens with one attached hydrogen (secondary N) is 1. The molecule has 2 bridgehead atoms. The van der Waals surface area contributed by atoms with Crippen molar-refractivity contribution in [2.24, 2.45) is 5.92 Å². The molecule has 0 spiro atoms. The number of aromatic nitrogens is 9. The van der Waals surface area contributed by atoms with Gasteiger partial charge in [-0.1, -0.05) is 11.3 Å². The SMILES string of the molecule is c1cnn(-c2cncc(-c3cn(Cc4cn5cc(CNCC6CC7CCN6CC7)ccc5n4)nn3)c2)n1. The van der Waals surface area contributed by atoms with Gasteiger partial charge in [-0.05, 0) is 56.0 Å². The summed E-state index contributed by atoms with van der Waals surface area (Å²) in [5.41, 5.74) is 5.48. The fourth-order valence-electron chi connectivity index (χ4n) is 5.65. The third kappa shape index (κ3) is 4.63. The number of piperidine rings is 3. The Morgan fingerprint density at radius 2 is 1.89 bits per heavy atom. The van der Waals surface area contributed by atoms with Crippen LogP contribution in [-0.2, 0) is 13.1 Å². The molecule has 0 radical (unpaired) electrons. The van der Waals surface area contributed by atoms with Crippen molar-refractivity contribution in [2.75, 3.05) is 19.6 Å². The molecule has 11 heteroatoms. The van der Waals surface area contributed by atoms with E-state index in [1.165, 1.54) is 42.7 Å². The fourth-order valence-corrected chi connectivity index (χ4v) is 5.65. The normalized spacial score (nSPS) is 21.1. The molecule has 37 heavy (non-hydrogen) atoms. The van der Waals surface area contributed by atoms with E-state index in [1.807, 2.05) is 12.3 Å². The lowest BCUT2D eigenvalue weighted by atomic mass is 9.83. The molecule has 3 fully saturated rings. The van der Waals surface area contributed by atoms with E-state index < -0.39 is 0 Å². The van der Waals surface area contributed by atoms with Gasteiger partial charge in [-0.2, -0.15) is 15.0 Å². The van der Waals surface area contributed by atoms with Gasteiger partial charge < -0.3 is 9.72 Å². The maximum atomic E-state index is 4.77. The number of fused-ring (bicyclic) bond motifs is 4. The molecule has 8 heterocycles. The second-order valence-electron chi connectivity index (χ2n) is 10.1. The van der Waals surface area contributed by atoms with E-state index in [9.17, 15) is 0 Å². The van der Waals surface area contributed by atoms with Crippen LogP contribution in [0, 0.1) is 5.92 Å². The number of rotatable bonds is 8. The summed E-state index contributed by atoms with van der Waals surface area (Å²) in [6, 6.07) is 6.89. The lowest BCUT2D eigenvalue weighted by Crippen LogP contribution is -2.52. The number of imidazole rings is 1. The van der Waals surface area contributed by atoms with Crippen LogP contribution in [-0.4, -0.2) is 74.9 Å². The van der Waals surface area contributed by atoms with E-state index in [0.717, 1.165) is 47.3 Å². The van der Waals surface area contributed by atoms with Gasteiger partial charge in [-0.15, -0.1) is 5.10 Å². The van der Waals surface area contributed by atoms with Crippen LogP contribution in [0.5, 0.6) is 0 Å². The van der Waals surface area contributed by atoms with Crippen molar-refractivity contribution in [3.05, 3.63) is 72.8 Å². The quantitative estimate of drug-likeness (QED) is 0.349. The second-order valence-corrected chi connectivity index (χ2v) is 10.1. The van der Waals surface area contributed by atoms with Gasteiger partial charge in [0, 0.05) is 43.3 Å². The zero-order valence-electron chi connectivity index (χ0n) is 20.6. The number of hydrogen-bond donors (Lipinski definition) is 1.